The van der Waals surface area contributed by atoms with Gasteiger partial charge in [0.15, 0.2) is 12.4 Å². The zero-order valence-electron chi connectivity index (χ0n) is 18.8. The molecule has 0 saturated carbocycles. The highest BCUT2D eigenvalue weighted by atomic mass is 16.5. The fourth-order valence-corrected chi connectivity index (χ4v) is 3.44. The van der Waals surface area contributed by atoms with Gasteiger partial charge in [-0.15, -0.1) is 0 Å². The minimum atomic E-state index is -0.657. The number of benzene rings is 2. The van der Waals surface area contributed by atoms with Crippen molar-refractivity contribution in [3.63, 3.8) is 0 Å². The van der Waals surface area contributed by atoms with E-state index >= 15 is 0 Å². The molecule has 1 aliphatic heterocycles. The number of hydrogen-bond donors (Lipinski definition) is 1. The molecule has 0 aliphatic carbocycles. The van der Waals surface area contributed by atoms with Crippen LogP contribution in [0.3, 0.4) is 0 Å². The number of esters is 1. The Labute approximate surface area is 192 Å². The number of amides is 2. The topological polar surface area (TPSA) is 102 Å². The second-order valence-electron chi connectivity index (χ2n) is 7.74. The van der Waals surface area contributed by atoms with E-state index in [1.165, 1.54) is 24.3 Å². The van der Waals surface area contributed by atoms with E-state index in [4.69, 9.17) is 9.47 Å². The summed E-state index contributed by atoms with van der Waals surface area (Å²) in [4.78, 5) is 50.7. The first-order valence-corrected chi connectivity index (χ1v) is 11.0. The van der Waals surface area contributed by atoms with Gasteiger partial charge in [0.05, 0.1) is 23.7 Å². The highest BCUT2D eigenvalue weighted by Crippen LogP contribution is 2.23. The van der Waals surface area contributed by atoms with Crippen molar-refractivity contribution in [3.05, 3.63) is 65.2 Å². The minimum absolute atomic E-state index is 0.0817. The molecule has 1 saturated heterocycles. The monoisotopic (exact) mass is 452 g/mol. The number of carbonyl (C=O) groups excluding carboxylic acids is 4. The lowest BCUT2D eigenvalue weighted by Crippen LogP contribution is -2.39. The van der Waals surface area contributed by atoms with Crippen LogP contribution in [-0.2, 0) is 19.1 Å². The smallest absolute Gasteiger partial charge is 0.338 e. The van der Waals surface area contributed by atoms with Gasteiger partial charge in [-0.1, -0.05) is 29.8 Å². The van der Waals surface area contributed by atoms with Gasteiger partial charge in [0, 0.05) is 18.8 Å². The van der Waals surface area contributed by atoms with Crippen molar-refractivity contribution in [2.75, 3.05) is 31.3 Å². The summed E-state index contributed by atoms with van der Waals surface area (Å²) in [6.07, 6.45) is 0.827. The van der Waals surface area contributed by atoms with Crippen molar-refractivity contribution in [2.45, 2.75) is 32.7 Å². The Kier molecular flexibility index (Phi) is 8.46. The second kappa shape index (κ2) is 11.5. The first-order chi connectivity index (χ1) is 15.9. The zero-order valence-corrected chi connectivity index (χ0v) is 18.8. The van der Waals surface area contributed by atoms with Crippen molar-refractivity contribution in [2.24, 2.45) is 0 Å². The Morgan fingerprint density at radius 2 is 1.70 bits per heavy atom. The summed E-state index contributed by atoms with van der Waals surface area (Å²) in [6.45, 7) is 5.27. The Morgan fingerprint density at radius 3 is 2.36 bits per heavy atom. The molecule has 2 aromatic carbocycles. The first-order valence-electron chi connectivity index (χ1n) is 11.0. The molecule has 1 N–H and O–H groups in total. The molecule has 1 unspecified atom stereocenters. The maximum Gasteiger partial charge on any atom is 0.338 e. The molecule has 8 nitrogen and oxygen atoms in total. The SMILES string of the molecule is CCOCCCNC1CC(=O)N(c2ccc(C(=O)OCC(=O)c3ccc(C)cc3)cc2)C1=O. The van der Waals surface area contributed by atoms with E-state index in [1.54, 1.807) is 12.1 Å². The molecule has 0 aromatic heterocycles. The van der Waals surface area contributed by atoms with Crippen molar-refractivity contribution < 1.29 is 28.7 Å². The van der Waals surface area contributed by atoms with Gasteiger partial charge in [0.2, 0.25) is 5.91 Å². The van der Waals surface area contributed by atoms with Crippen LogP contribution in [0.2, 0.25) is 0 Å². The lowest BCUT2D eigenvalue weighted by atomic mass is 10.1. The average Bonchev–Trinajstić information content (AvgIpc) is 3.10. The van der Waals surface area contributed by atoms with E-state index in [9.17, 15) is 19.2 Å². The van der Waals surface area contributed by atoms with Crippen molar-refractivity contribution >= 4 is 29.3 Å². The molecular weight excluding hydrogens is 424 g/mol. The molecule has 0 bridgehead atoms. The van der Waals surface area contributed by atoms with Gasteiger partial charge in [-0.2, -0.15) is 0 Å². The number of ether oxygens (including phenoxy) is 2. The summed E-state index contributed by atoms with van der Waals surface area (Å²) in [6, 6.07) is 12.4. The van der Waals surface area contributed by atoms with Gasteiger partial charge in [0.25, 0.3) is 5.91 Å². The lowest BCUT2D eigenvalue weighted by molar-refractivity contribution is -0.121. The van der Waals surface area contributed by atoms with Crippen LogP contribution in [0.1, 0.15) is 46.0 Å². The fraction of sp³-hybridized carbons (Fsp3) is 0.360. The Morgan fingerprint density at radius 1 is 1.03 bits per heavy atom. The third kappa shape index (κ3) is 6.34. The maximum atomic E-state index is 12.7. The quantitative estimate of drug-likeness (QED) is 0.242. The van der Waals surface area contributed by atoms with E-state index in [2.05, 4.69) is 5.32 Å². The van der Waals surface area contributed by atoms with Gasteiger partial charge in [-0.3, -0.25) is 14.4 Å². The molecule has 1 atom stereocenters. The van der Waals surface area contributed by atoms with Crippen LogP contribution in [0.15, 0.2) is 48.5 Å². The Bertz CT molecular complexity index is 1000. The summed E-state index contributed by atoms with van der Waals surface area (Å²) in [5, 5.41) is 3.10. The molecule has 0 radical (unpaired) electrons. The number of imide groups is 1. The number of anilines is 1. The molecule has 2 amide bonds. The number of hydrogen-bond acceptors (Lipinski definition) is 7. The third-order valence-electron chi connectivity index (χ3n) is 5.28. The lowest BCUT2D eigenvalue weighted by Gasteiger charge is -2.16. The number of aryl methyl sites for hydroxylation is 1. The van der Waals surface area contributed by atoms with Crippen LogP contribution < -0.4 is 10.2 Å². The Balaban J connectivity index is 1.54. The molecule has 3 rings (SSSR count). The minimum Gasteiger partial charge on any atom is -0.454 e. The summed E-state index contributed by atoms with van der Waals surface area (Å²) < 4.78 is 10.4. The van der Waals surface area contributed by atoms with Crippen LogP contribution in [0.25, 0.3) is 0 Å². The number of rotatable bonds is 11. The van der Waals surface area contributed by atoms with Crippen LogP contribution >= 0.6 is 0 Å². The molecule has 8 heteroatoms. The number of carbonyl (C=O) groups is 4. The highest BCUT2D eigenvalue weighted by Gasteiger charge is 2.39. The predicted molar refractivity (Wildman–Crippen MR) is 122 cm³/mol. The van der Waals surface area contributed by atoms with E-state index in [1.807, 2.05) is 26.0 Å². The standard InChI is InChI=1S/C25H28N2O6/c1-3-32-14-4-13-26-21-15-23(29)27(24(21)30)20-11-9-19(10-12-20)25(31)33-16-22(28)18-7-5-17(2)6-8-18/h5-12,21,26H,3-4,13-16H2,1-2H3. The van der Waals surface area contributed by atoms with E-state index in [-0.39, 0.29) is 36.2 Å². The van der Waals surface area contributed by atoms with Crippen molar-refractivity contribution in [3.8, 4) is 0 Å². The molecule has 1 aliphatic rings. The maximum absolute atomic E-state index is 12.7. The van der Waals surface area contributed by atoms with E-state index < -0.39 is 12.0 Å². The third-order valence-corrected chi connectivity index (χ3v) is 5.28. The number of Topliss-reactive ketones (excluding diaryl/α,β-unsaturated/α-hetero) is 1. The number of nitrogens with one attached hydrogen (secondary N) is 1. The molecule has 174 valence electrons. The van der Waals surface area contributed by atoms with Gasteiger partial charge < -0.3 is 14.8 Å². The van der Waals surface area contributed by atoms with E-state index in [0.717, 1.165) is 16.9 Å². The van der Waals surface area contributed by atoms with Crippen LogP contribution in [0, 0.1) is 6.92 Å². The predicted octanol–water partition coefficient (Wildman–Crippen LogP) is 2.68. The van der Waals surface area contributed by atoms with Gasteiger partial charge in [0.1, 0.15) is 0 Å². The van der Waals surface area contributed by atoms with E-state index in [0.29, 0.717) is 31.0 Å². The van der Waals surface area contributed by atoms with Crippen molar-refractivity contribution in [1.82, 2.24) is 5.32 Å². The molecule has 33 heavy (non-hydrogen) atoms. The molecule has 2 aromatic rings. The summed E-state index contributed by atoms with van der Waals surface area (Å²) in [5.41, 5.74) is 2.11. The Hall–Kier alpha value is -3.36. The highest BCUT2D eigenvalue weighted by molar-refractivity contribution is 6.22. The number of nitrogens with zero attached hydrogens (tertiary/aromatic N) is 1. The normalized spacial score (nSPS) is 15.7. The summed E-state index contributed by atoms with van der Waals surface area (Å²) in [7, 11) is 0. The number of ketones is 1. The fourth-order valence-electron chi connectivity index (χ4n) is 3.44. The van der Waals surface area contributed by atoms with Gasteiger partial charge >= 0.3 is 5.97 Å². The first kappa shape index (κ1) is 24.3. The average molecular weight is 453 g/mol. The van der Waals surface area contributed by atoms with Crippen LogP contribution in [-0.4, -0.2) is 56.0 Å². The van der Waals surface area contributed by atoms with Crippen LogP contribution in [0.5, 0.6) is 0 Å². The largest absolute Gasteiger partial charge is 0.454 e. The zero-order chi connectivity index (χ0) is 23.8. The molecule has 0 spiro atoms. The molecule has 1 fully saturated rings. The van der Waals surface area contributed by atoms with Gasteiger partial charge in [-0.25, -0.2) is 9.69 Å². The molecule has 1 heterocycles. The summed E-state index contributed by atoms with van der Waals surface area (Å²) in [5.74, 6) is -1.58. The molecular formula is C25H28N2O6. The summed E-state index contributed by atoms with van der Waals surface area (Å²) >= 11 is 0. The van der Waals surface area contributed by atoms with Crippen molar-refractivity contribution in [1.29, 1.82) is 0 Å². The van der Waals surface area contributed by atoms with Crippen LogP contribution in [0.4, 0.5) is 5.69 Å². The van der Waals surface area contributed by atoms with Gasteiger partial charge in [-0.05, 0) is 51.1 Å². The second-order valence-corrected chi connectivity index (χ2v) is 7.74.